The summed E-state index contributed by atoms with van der Waals surface area (Å²) in [4.78, 5) is 0. The summed E-state index contributed by atoms with van der Waals surface area (Å²) in [5.41, 5.74) is 0.993. The van der Waals surface area contributed by atoms with E-state index >= 15 is 0 Å². The van der Waals surface area contributed by atoms with Crippen LogP contribution in [0.4, 0.5) is 4.39 Å². The Morgan fingerprint density at radius 2 is 2.11 bits per heavy atom. The lowest BCUT2D eigenvalue weighted by molar-refractivity contribution is 0.143. The number of rotatable bonds is 6. The van der Waals surface area contributed by atoms with Crippen LogP contribution in [0.2, 0.25) is 0 Å². The topological polar surface area (TPSA) is 50.1 Å². The third-order valence-corrected chi connectivity index (χ3v) is 2.99. The Hall–Kier alpha value is -1.72. The van der Waals surface area contributed by atoms with Gasteiger partial charge in [0, 0.05) is 25.0 Å². The van der Waals surface area contributed by atoms with Gasteiger partial charge in [0.25, 0.3) is 0 Å². The molecular formula is C14H18FN3O. The molecule has 1 heterocycles. The normalized spacial score (nSPS) is 14.3. The number of hydrogen-bond donors (Lipinski definition) is 2. The van der Waals surface area contributed by atoms with Gasteiger partial charge in [-0.1, -0.05) is 12.1 Å². The fourth-order valence-electron chi connectivity index (χ4n) is 1.87. The summed E-state index contributed by atoms with van der Waals surface area (Å²) in [7, 11) is 0. The number of hydrogen-bond acceptors (Lipinski definition) is 3. The predicted octanol–water partition coefficient (Wildman–Crippen LogP) is 1.73. The molecule has 0 amide bonds. The molecule has 1 aromatic carbocycles. The van der Waals surface area contributed by atoms with Gasteiger partial charge in [0.05, 0.1) is 12.6 Å². The smallest absolute Gasteiger partial charge is 0.123 e. The van der Waals surface area contributed by atoms with Crippen LogP contribution in [0.3, 0.4) is 0 Å². The van der Waals surface area contributed by atoms with Gasteiger partial charge < -0.3 is 10.4 Å². The zero-order valence-corrected chi connectivity index (χ0v) is 10.8. The van der Waals surface area contributed by atoms with Crippen LogP contribution in [0.5, 0.6) is 0 Å². The van der Waals surface area contributed by atoms with Crippen molar-refractivity contribution in [2.24, 2.45) is 0 Å². The Kier molecular flexibility index (Phi) is 4.65. The highest BCUT2D eigenvalue weighted by Crippen LogP contribution is 2.12. The van der Waals surface area contributed by atoms with Gasteiger partial charge in [0.2, 0.25) is 0 Å². The predicted molar refractivity (Wildman–Crippen MR) is 71.1 cm³/mol. The molecule has 0 aliphatic carbocycles. The van der Waals surface area contributed by atoms with Gasteiger partial charge >= 0.3 is 0 Å². The molecule has 2 aromatic rings. The van der Waals surface area contributed by atoms with E-state index in [0.29, 0.717) is 13.1 Å². The second-order valence-electron chi connectivity index (χ2n) is 4.56. The molecule has 2 atom stereocenters. The van der Waals surface area contributed by atoms with E-state index in [2.05, 4.69) is 10.4 Å². The van der Waals surface area contributed by atoms with Crippen LogP contribution in [0.15, 0.2) is 42.7 Å². The summed E-state index contributed by atoms with van der Waals surface area (Å²) in [6.45, 7) is 2.89. The van der Waals surface area contributed by atoms with Gasteiger partial charge in [0.1, 0.15) is 5.82 Å². The molecule has 2 unspecified atom stereocenters. The van der Waals surface area contributed by atoms with E-state index in [1.807, 2.05) is 19.2 Å². The van der Waals surface area contributed by atoms with Gasteiger partial charge in [0.15, 0.2) is 0 Å². The highest BCUT2D eigenvalue weighted by atomic mass is 19.1. The first-order chi connectivity index (χ1) is 9.15. The maximum Gasteiger partial charge on any atom is 0.123 e. The minimum atomic E-state index is -0.511. The van der Waals surface area contributed by atoms with Crippen molar-refractivity contribution in [1.29, 1.82) is 0 Å². The van der Waals surface area contributed by atoms with Crippen LogP contribution in [0.1, 0.15) is 18.5 Å². The molecule has 0 radical (unpaired) electrons. The van der Waals surface area contributed by atoms with Crippen molar-refractivity contribution in [3.05, 3.63) is 54.1 Å². The quantitative estimate of drug-likeness (QED) is 0.834. The number of halogens is 1. The Morgan fingerprint density at radius 1 is 1.37 bits per heavy atom. The molecule has 0 saturated heterocycles. The minimum absolute atomic E-state index is 0.0628. The molecule has 2 N–H and O–H groups in total. The molecule has 2 rings (SSSR count). The zero-order valence-electron chi connectivity index (χ0n) is 10.8. The van der Waals surface area contributed by atoms with Crippen LogP contribution in [-0.4, -0.2) is 27.5 Å². The number of aliphatic hydroxyl groups excluding tert-OH is 1. The lowest BCUT2D eigenvalue weighted by Gasteiger charge is -2.17. The number of aliphatic hydroxyl groups is 1. The zero-order chi connectivity index (χ0) is 13.7. The van der Waals surface area contributed by atoms with Crippen LogP contribution in [0.25, 0.3) is 0 Å². The first-order valence-corrected chi connectivity index (χ1v) is 6.29. The Balaban J connectivity index is 1.79. The van der Waals surface area contributed by atoms with E-state index in [0.717, 1.165) is 5.56 Å². The first-order valence-electron chi connectivity index (χ1n) is 6.29. The highest BCUT2D eigenvalue weighted by Gasteiger charge is 2.09. The first kappa shape index (κ1) is 13.7. The van der Waals surface area contributed by atoms with E-state index in [1.54, 1.807) is 23.0 Å². The van der Waals surface area contributed by atoms with Crippen molar-refractivity contribution in [3.8, 4) is 0 Å². The van der Waals surface area contributed by atoms with Crippen molar-refractivity contribution >= 4 is 0 Å². The van der Waals surface area contributed by atoms with Crippen molar-refractivity contribution < 1.29 is 9.50 Å². The Morgan fingerprint density at radius 3 is 2.74 bits per heavy atom. The van der Waals surface area contributed by atoms with Crippen LogP contribution >= 0.6 is 0 Å². The molecule has 19 heavy (non-hydrogen) atoms. The van der Waals surface area contributed by atoms with Crippen LogP contribution in [0, 0.1) is 5.82 Å². The van der Waals surface area contributed by atoms with E-state index in [4.69, 9.17) is 0 Å². The third-order valence-electron chi connectivity index (χ3n) is 2.99. The number of nitrogens with one attached hydrogen (secondary N) is 1. The summed E-state index contributed by atoms with van der Waals surface area (Å²) in [6.07, 6.45) is 2.98. The maximum absolute atomic E-state index is 12.8. The number of aromatic nitrogens is 2. The average molecular weight is 263 g/mol. The average Bonchev–Trinajstić information content (AvgIpc) is 2.89. The second kappa shape index (κ2) is 6.45. The molecule has 0 bridgehead atoms. The van der Waals surface area contributed by atoms with E-state index in [1.165, 1.54) is 12.1 Å². The van der Waals surface area contributed by atoms with E-state index in [-0.39, 0.29) is 11.9 Å². The standard InChI is InChI=1S/C14H18FN3O/c1-11(12-3-5-13(15)6-4-12)16-9-14(19)10-18-8-2-7-17-18/h2-8,11,14,16,19H,9-10H2,1H3. The summed E-state index contributed by atoms with van der Waals surface area (Å²) in [5.74, 6) is -0.241. The molecule has 0 saturated carbocycles. The minimum Gasteiger partial charge on any atom is -0.390 e. The molecule has 5 heteroatoms. The van der Waals surface area contributed by atoms with E-state index < -0.39 is 6.10 Å². The lowest BCUT2D eigenvalue weighted by Crippen LogP contribution is -2.32. The summed E-state index contributed by atoms with van der Waals surface area (Å²) in [6, 6.07) is 8.25. The van der Waals surface area contributed by atoms with Crippen molar-refractivity contribution in [2.45, 2.75) is 25.6 Å². The molecule has 4 nitrogen and oxygen atoms in total. The second-order valence-corrected chi connectivity index (χ2v) is 4.56. The number of nitrogens with zero attached hydrogens (tertiary/aromatic N) is 2. The van der Waals surface area contributed by atoms with Gasteiger partial charge in [-0.3, -0.25) is 4.68 Å². The monoisotopic (exact) mass is 263 g/mol. The summed E-state index contributed by atoms with van der Waals surface area (Å²) >= 11 is 0. The Bertz CT molecular complexity index is 484. The SMILES string of the molecule is CC(NCC(O)Cn1cccn1)c1ccc(F)cc1. The van der Waals surface area contributed by atoms with E-state index in [9.17, 15) is 9.50 Å². The van der Waals surface area contributed by atoms with Crippen LogP contribution in [-0.2, 0) is 6.54 Å². The van der Waals surface area contributed by atoms with Crippen molar-refractivity contribution in [2.75, 3.05) is 6.54 Å². The largest absolute Gasteiger partial charge is 0.390 e. The van der Waals surface area contributed by atoms with Crippen LogP contribution < -0.4 is 5.32 Å². The molecule has 0 spiro atoms. The summed E-state index contributed by atoms with van der Waals surface area (Å²) in [5, 5.41) is 17.1. The molecule has 0 fully saturated rings. The van der Waals surface area contributed by atoms with Gasteiger partial charge in [-0.05, 0) is 30.7 Å². The molecular weight excluding hydrogens is 245 g/mol. The Labute approximate surface area is 111 Å². The van der Waals surface area contributed by atoms with Gasteiger partial charge in [-0.2, -0.15) is 5.10 Å². The van der Waals surface area contributed by atoms with Gasteiger partial charge in [-0.25, -0.2) is 4.39 Å². The number of benzene rings is 1. The summed E-state index contributed by atoms with van der Waals surface area (Å²) < 4.78 is 14.5. The van der Waals surface area contributed by atoms with Crippen molar-refractivity contribution in [3.63, 3.8) is 0 Å². The fraction of sp³-hybridized carbons (Fsp3) is 0.357. The fourth-order valence-corrected chi connectivity index (χ4v) is 1.87. The molecule has 0 aliphatic rings. The van der Waals surface area contributed by atoms with Gasteiger partial charge in [-0.15, -0.1) is 0 Å². The molecule has 102 valence electrons. The maximum atomic E-state index is 12.8. The van der Waals surface area contributed by atoms with Crippen molar-refractivity contribution in [1.82, 2.24) is 15.1 Å². The third kappa shape index (κ3) is 4.15. The highest BCUT2D eigenvalue weighted by molar-refractivity contribution is 5.19. The lowest BCUT2D eigenvalue weighted by atomic mass is 10.1. The molecule has 1 aromatic heterocycles. The molecule has 0 aliphatic heterocycles.